The predicted octanol–water partition coefficient (Wildman–Crippen LogP) is 4.62. The van der Waals surface area contributed by atoms with E-state index >= 15 is 0 Å². The molecule has 2 aromatic heterocycles. The molecule has 12 heteroatoms. The Morgan fingerprint density at radius 1 is 1.17 bits per heavy atom. The van der Waals surface area contributed by atoms with E-state index in [2.05, 4.69) is 27.0 Å². The molecule has 0 aliphatic carbocycles. The highest BCUT2D eigenvalue weighted by atomic mass is 31.2. The van der Waals surface area contributed by atoms with Gasteiger partial charge in [-0.3, -0.25) is 9.36 Å². The van der Waals surface area contributed by atoms with E-state index in [0.29, 0.717) is 35.8 Å². The highest BCUT2D eigenvalue weighted by Gasteiger charge is 2.33. The van der Waals surface area contributed by atoms with Gasteiger partial charge in [0.05, 0.1) is 25.2 Å². The molecule has 0 saturated heterocycles. The zero-order valence-corrected chi connectivity index (χ0v) is 23.8. The van der Waals surface area contributed by atoms with Crippen molar-refractivity contribution >= 4 is 36.2 Å². The highest BCUT2D eigenvalue weighted by molar-refractivity contribution is 7.57. The van der Waals surface area contributed by atoms with Gasteiger partial charge >= 0.3 is 13.5 Å². The Morgan fingerprint density at radius 3 is 2.61 bits per heavy atom. The number of nitrogens with two attached hydrogens (primary N) is 1. The zero-order valence-electron chi connectivity index (χ0n) is 22.9. The standard InChI is InChI=1S/C29H35N6O5P/c1-3-15-31-24-19-26(30)33-28-27(24)32-20-35(28)16-17-38-21-41(37,40-23-13-9-6-10-14-23)34-25(29(36)39-4-2)18-22-11-7-5-8-12-22/h3,5-14,19-20,25H,1,4,15-18,21H2,2H3,(H,34,37)(H3,30,31,33). The first-order chi connectivity index (χ1) is 19.9. The number of hydrogen-bond donors (Lipinski definition) is 3. The number of carbonyl (C=O) groups excluding carboxylic acids is 1. The molecule has 11 nitrogen and oxygen atoms in total. The quantitative estimate of drug-likeness (QED) is 0.0746. The van der Waals surface area contributed by atoms with Crippen LogP contribution in [0.5, 0.6) is 5.75 Å². The van der Waals surface area contributed by atoms with Crippen LogP contribution in [0.1, 0.15) is 12.5 Å². The maximum atomic E-state index is 14.1. The Balaban J connectivity index is 1.48. The van der Waals surface area contributed by atoms with E-state index in [1.165, 1.54) is 0 Å². The molecule has 0 bridgehead atoms. The third-order valence-electron chi connectivity index (χ3n) is 5.97. The monoisotopic (exact) mass is 578 g/mol. The Morgan fingerprint density at radius 2 is 1.90 bits per heavy atom. The van der Waals surface area contributed by atoms with Gasteiger partial charge in [0.1, 0.15) is 29.5 Å². The van der Waals surface area contributed by atoms with E-state index in [1.54, 1.807) is 54.2 Å². The zero-order chi connectivity index (χ0) is 29.1. The van der Waals surface area contributed by atoms with Crippen molar-refractivity contribution in [1.82, 2.24) is 19.6 Å². The molecule has 4 aromatic rings. The van der Waals surface area contributed by atoms with Gasteiger partial charge < -0.3 is 29.6 Å². The molecular formula is C29H35N6O5P. The molecule has 2 atom stereocenters. The average Bonchev–Trinajstić information content (AvgIpc) is 3.37. The predicted molar refractivity (Wildman–Crippen MR) is 160 cm³/mol. The number of aromatic nitrogens is 3. The van der Waals surface area contributed by atoms with Gasteiger partial charge in [0.25, 0.3) is 0 Å². The number of para-hydroxylation sites is 1. The molecule has 4 rings (SSSR count). The second-order valence-electron chi connectivity index (χ2n) is 9.11. The van der Waals surface area contributed by atoms with Gasteiger partial charge in [0.15, 0.2) is 5.65 Å². The number of carbonyl (C=O) groups is 1. The molecule has 0 aliphatic heterocycles. The molecular weight excluding hydrogens is 543 g/mol. The smallest absolute Gasteiger partial charge is 0.342 e. The van der Waals surface area contributed by atoms with Crippen LogP contribution in [0.25, 0.3) is 11.2 Å². The minimum Gasteiger partial charge on any atom is -0.465 e. The van der Waals surface area contributed by atoms with Crippen molar-refractivity contribution in [1.29, 1.82) is 0 Å². The molecule has 41 heavy (non-hydrogen) atoms. The van der Waals surface area contributed by atoms with Gasteiger partial charge in [-0.2, -0.15) is 0 Å². The fourth-order valence-electron chi connectivity index (χ4n) is 4.14. The number of benzene rings is 2. The van der Waals surface area contributed by atoms with Crippen LogP contribution in [0.4, 0.5) is 11.5 Å². The Labute approximate surface area is 239 Å². The van der Waals surface area contributed by atoms with Gasteiger partial charge in [-0.1, -0.05) is 54.6 Å². The summed E-state index contributed by atoms with van der Waals surface area (Å²) in [6, 6.07) is 19.0. The van der Waals surface area contributed by atoms with Crippen LogP contribution in [-0.4, -0.2) is 52.7 Å². The molecule has 2 heterocycles. The number of hydrogen-bond acceptors (Lipinski definition) is 9. The number of nitrogen functional groups attached to an aromatic ring is 1. The minimum atomic E-state index is -3.75. The van der Waals surface area contributed by atoms with Crippen molar-refractivity contribution < 1.29 is 23.4 Å². The summed E-state index contributed by atoms with van der Waals surface area (Å²) in [5.41, 5.74) is 8.90. The average molecular weight is 579 g/mol. The molecule has 2 aromatic carbocycles. The lowest BCUT2D eigenvalue weighted by Crippen LogP contribution is -2.39. The topological polar surface area (TPSA) is 143 Å². The van der Waals surface area contributed by atoms with Crippen molar-refractivity contribution in [3.05, 3.63) is 91.3 Å². The van der Waals surface area contributed by atoms with Crippen LogP contribution in [0.2, 0.25) is 0 Å². The Kier molecular flexibility index (Phi) is 10.5. The number of anilines is 2. The lowest BCUT2D eigenvalue weighted by atomic mass is 10.1. The van der Waals surface area contributed by atoms with E-state index in [9.17, 15) is 9.36 Å². The summed E-state index contributed by atoms with van der Waals surface area (Å²) in [5.74, 6) is 0.205. The fourth-order valence-corrected chi connectivity index (χ4v) is 5.82. The molecule has 0 aliphatic rings. The fraction of sp³-hybridized carbons (Fsp3) is 0.276. The molecule has 0 amide bonds. The number of ether oxygens (including phenoxy) is 2. The van der Waals surface area contributed by atoms with Crippen molar-refractivity contribution in [3.63, 3.8) is 0 Å². The van der Waals surface area contributed by atoms with Gasteiger partial charge in [0.2, 0.25) is 0 Å². The molecule has 0 radical (unpaired) electrons. The summed E-state index contributed by atoms with van der Waals surface area (Å²) in [5, 5.41) is 6.15. The summed E-state index contributed by atoms with van der Waals surface area (Å²) >= 11 is 0. The number of rotatable bonds is 16. The number of pyridine rings is 1. The van der Waals surface area contributed by atoms with E-state index in [0.717, 1.165) is 11.3 Å². The number of fused-ring (bicyclic) bond motifs is 1. The summed E-state index contributed by atoms with van der Waals surface area (Å²) < 4.78 is 33.0. The van der Waals surface area contributed by atoms with E-state index in [-0.39, 0.29) is 26.0 Å². The Hall–Kier alpha value is -4.18. The van der Waals surface area contributed by atoms with E-state index in [1.807, 2.05) is 36.4 Å². The first-order valence-electron chi connectivity index (χ1n) is 13.3. The molecule has 0 spiro atoms. The molecule has 0 fully saturated rings. The third-order valence-corrected chi connectivity index (χ3v) is 7.70. The SMILES string of the molecule is C=CCNc1cc(N)nc2c1ncn2CCOCP(=O)(NC(Cc1ccccc1)C(=O)OCC)Oc1ccccc1. The van der Waals surface area contributed by atoms with Crippen molar-refractivity contribution in [2.24, 2.45) is 0 Å². The van der Waals surface area contributed by atoms with Crippen molar-refractivity contribution in [2.75, 3.05) is 37.2 Å². The molecule has 216 valence electrons. The molecule has 2 unspecified atom stereocenters. The first-order valence-corrected chi connectivity index (χ1v) is 15.1. The highest BCUT2D eigenvalue weighted by Crippen LogP contribution is 2.44. The third kappa shape index (κ3) is 8.40. The lowest BCUT2D eigenvalue weighted by Gasteiger charge is -2.25. The van der Waals surface area contributed by atoms with Crippen LogP contribution in [0, 0.1) is 0 Å². The van der Waals surface area contributed by atoms with Gasteiger partial charge in [-0.25, -0.2) is 15.1 Å². The van der Waals surface area contributed by atoms with Crippen LogP contribution in [0.15, 0.2) is 85.7 Å². The minimum absolute atomic E-state index is 0.171. The van der Waals surface area contributed by atoms with Gasteiger partial charge in [-0.15, -0.1) is 6.58 Å². The second-order valence-corrected chi connectivity index (χ2v) is 11.2. The second kappa shape index (κ2) is 14.5. The number of imidazole rings is 1. The van der Waals surface area contributed by atoms with Crippen LogP contribution in [-0.2, 0) is 31.8 Å². The molecule has 4 N–H and O–H groups in total. The number of esters is 1. The number of nitrogens with one attached hydrogen (secondary N) is 2. The maximum absolute atomic E-state index is 14.1. The Bertz CT molecular complexity index is 1480. The molecule has 0 saturated carbocycles. The largest absolute Gasteiger partial charge is 0.465 e. The normalized spacial score (nSPS) is 13.3. The maximum Gasteiger partial charge on any atom is 0.342 e. The number of nitrogens with zero attached hydrogens (tertiary/aromatic N) is 3. The van der Waals surface area contributed by atoms with Crippen molar-refractivity contribution in [3.8, 4) is 5.75 Å². The van der Waals surface area contributed by atoms with Gasteiger partial charge in [0, 0.05) is 19.2 Å². The lowest BCUT2D eigenvalue weighted by molar-refractivity contribution is -0.145. The van der Waals surface area contributed by atoms with Gasteiger partial charge in [-0.05, 0) is 31.0 Å². The van der Waals surface area contributed by atoms with Crippen LogP contribution in [0.3, 0.4) is 0 Å². The van der Waals surface area contributed by atoms with Crippen molar-refractivity contribution in [2.45, 2.75) is 25.9 Å². The van der Waals surface area contributed by atoms with E-state index < -0.39 is 19.5 Å². The van der Waals surface area contributed by atoms with Crippen LogP contribution >= 0.6 is 7.52 Å². The summed E-state index contributed by atoms with van der Waals surface area (Å²) in [4.78, 5) is 21.7. The summed E-state index contributed by atoms with van der Waals surface area (Å²) in [6.45, 7) is 6.72. The van der Waals surface area contributed by atoms with Crippen LogP contribution < -0.4 is 20.7 Å². The summed E-state index contributed by atoms with van der Waals surface area (Å²) in [6.07, 6.45) is 3.36. The van der Waals surface area contributed by atoms with E-state index in [4.69, 9.17) is 19.7 Å². The summed E-state index contributed by atoms with van der Waals surface area (Å²) in [7, 11) is -3.75. The first kappa shape index (κ1) is 29.8.